The van der Waals surface area contributed by atoms with Crippen molar-refractivity contribution in [3.8, 4) is 0 Å². The maximum Gasteiger partial charge on any atom is 0 e. The molecule has 0 aliphatic rings. The van der Waals surface area contributed by atoms with Gasteiger partial charge in [-0.1, -0.05) is 7.43 Å². The Hall–Kier alpha value is 2.57. The first-order valence-electron chi connectivity index (χ1n) is 0. The molecule has 0 spiro atoms. The molecular formula is C4H17O2Zr3-3. The zero-order valence-electron chi connectivity index (χ0n) is 5.50. The summed E-state index contributed by atoms with van der Waals surface area (Å²) in [7, 11) is 0. The summed E-state index contributed by atoms with van der Waals surface area (Å²) in [6.07, 6.45) is 0. The van der Waals surface area contributed by atoms with Crippen molar-refractivity contribution in [2.24, 2.45) is 0 Å². The van der Waals surface area contributed by atoms with Crippen LogP contribution in [0.25, 0.3) is 0 Å². The molecule has 0 unspecified atom stereocenters. The molecule has 2 nitrogen and oxygen atoms in total. The summed E-state index contributed by atoms with van der Waals surface area (Å²) in [6, 6.07) is 0. The molecule has 9 heavy (non-hydrogen) atoms. The Morgan fingerprint density at radius 2 is 0.444 bits per heavy atom. The fourth-order valence-corrected chi connectivity index (χ4v) is 0. The van der Waals surface area contributed by atoms with E-state index < -0.39 is 0 Å². The van der Waals surface area contributed by atoms with E-state index >= 15 is 0 Å². The van der Waals surface area contributed by atoms with Gasteiger partial charge in [0.15, 0.2) is 0 Å². The second kappa shape index (κ2) is 147. The van der Waals surface area contributed by atoms with Crippen LogP contribution in [0.15, 0.2) is 0 Å². The number of hydrogen-bond donors (Lipinski definition) is 0. The van der Waals surface area contributed by atoms with Gasteiger partial charge < -0.3 is 33.2 Å². The zero-order chi connectivity index (χ0) is 0. The molecule has 60 valence electrons. The average Bonchev–Trinajstić information content (AvgIpc) is 0. The van der Waals surface area contributed by atoms with Crippen molar-refractivity contribution < 1.29 is 89.6 Å². The monoisotopic (exact) mass is 367 g/mol. The Labute approximate surface area is 118 Å². The van der Waals surface area contributed by atoms with Crippen LogP contribution in [0, 0.1) is 22.3 Å². The van der Waals surface area contributed by atoms with Gasteiger partial charge in [0, 0.05) is 78.6 Å². The van der Waals surface area contributed by atoms with Gasteiger partial charge in [0.05, 0.1) is 0 Å². The van der Waals surface area contributed by atoms with Gasteiger partial charge in [-0.25, -0.2) is 0 Å². The Kier molecular flexibility index (Phi) is 3190. The minimum Gasteiger partial charge on any atom is -0.412 e. The molecule has 0 saturated carbocycles. The smallest absolute Gasteiger partial charge is 0 e. The molecule has 0 fully saturated rings. The van der Waals surface area contributed by atoms with Crippen LogP contribution in [-0.4, -0.2) is 11.0 Å². The fourth-order valence-electron chi connectivity index (χ4n) is 0. The molecule has 4 N–H and O–H groups in total. The Morgan fingerprint density at radius 3 is 0.444 bits per heavy atom. The van der Waals surface area contributed by atoms with Crippen LogP contribution in [0.3, 0.4) is 0 Å². The molecule has 0 aliphatic carbocycles. The third-order valence-corrected chi connectivity index (χ3v) is 0. The van der Waals surface area contributed by atoms with E-state index in [9.17, 15) is 0 Å². The SMILES string of the molecule is C.O.O.[CH3-].[CH3-].[CH3-].[Zr].[Zr].[Zr]. The first-order valence-corrected chi connectivity index (χ1v) is 0. The minimum atomic E-state index is 0. The van der Waals surface area contributed by atoms with E-state index in [1.165, 1.54) is 0 Å². The van der Waals surface area contributed by atoms with Crippen LogP contribution in [0.1, 0.15) is 7.43 Å². The Morgan fingerprint density at radius 1 is 0.444 bits per heavy atom. The van der Waals surface area contributed by atoms with Gasteiger partial charge in [-0.15, -0.1) is 0 Å². The summed E-state index contributed by atoms with van der Waals surface area (Å²) in [4.78, 5) is 0. The van der Waals surface area contributed by atoms with Crippen molar-refractivity contribution in [1.82, 2.24) is 0 Å². The molecule has 0 aromatic carbocycles. The minimum absolute atomic E-state index is 0. The standard InChI is InChI=1S/CH4.3CH3.2H2O.3Zr/h1H4;3*1H3;2*1H2;;;/q;3*-1;;;;;. The van der Waals surface area contributed by atoms with Gasteiger partial charge >= 0.3 is 0 Å². The van der Waals surface area contributed by atoms with Crippen LogP contribution in [0.5, 0.6) is 0 Å². The van der Waals surface area contributed by atoms with Crippen LogP contribution in [-0.2, 0) is 78.6 Å². The van der Waals surface area contributed by atoms with Crippen molar-refractivity contribution in [2.75, 3.05) is 0 Å². The third kappa shape index (κ3) is 118. The van der Waals surface area contributed by atoms with Gasteiger partial charge in [-0.2, -0.15) is 0 Å². The summed E-state index contributed by atoms with van der Waals surface area (Å²) >= 11 is 0. The van der Waals surface area contributed by atoms with E-state index in [0.717, 1.165) is 0 Å². The van der Waals surface area contributed by atoms with Crippen molar-refractivity contribution in [2.45, 2.75) is 7.43 Å². The van der Waals surface area contributed by atoms with Gasteiger partial charge in [-0.05, 0) is 0 Å². The first-order chi connectivity index (χ1) is 0. The molecular weight excluding hydrogens is 354 g/mol. The van der Waals surface area contributed by atoms with Crippen LogP contribution in [0.4, 0.5) is 0 Å². The van der Waals surface area contributed by atoms with E-state index in [1.54, 1.807) is 0 Å². The fraction of sp³-hybridized carbons (Fsp3) is 0.250. The predicted octanol–water partition coefficient (Wildman–Crippen LogP) is 0.330. The van der Waals surface area contributed by atoms with Gasteiger partial charge in [-0.3, -0.25) is 0 Å². The van der Waals surface area contributed by atoms with Crippen molar-refractivity contribution in [1.29, 1.82) is 0 Å². The second-order valence-corrected chi connectivity index (χ2v) is 0. The van der Waals surface area contributed by atoms with Crippen molar-refractivity contribution >= 4 is 0 Å². The molecule has 0 radical (unpaired) electrons. The topological polar surface area (TPSA) is 63.0 Å². The van der Waals surface area contributed by atoms with E-state index in [-0.39, 0.29) is 119 Å². The largest absolute Gasteiger partial charge is 0.412 e. The molecule has 0 bridgehead atoms. The summed E-state index contributed by atoms with van der Waals surface area (Å²) in [6.45, 7) is 0. The van der Waals surface area contributed by atoms with Crippen LogP contribution >= 0.6 is 0 Å². The number of hydrogen-bond acceptors (Lipinski definition) is 0. The van der Waals surface area contributed by atoms with E-state index in [2.05, 4.69) is 0 Å². The zero-order valence-corrected chi connectivity index (χ0v) is 12.9. The Balaban J connectivity index is 0. The van der Waals surface area contributed by atoms with E-state index in [1.807, 2.05) is 0 Å². The van der Waals surface area contributed by atoms with Gasteiger partial charge in [0.25, 0.3) is 0 Å². The van der Waals surface area contributed by atoms with Gasteiger partial charge in [0.1, 0.15) is 0 Å². The molecule has 0 atom stereocenters. The molecule has 0 aliphatic heterocycles. The van der Waals surface area contributed by atoms with Crippen LogP contribution in [0.2, 0.25) is 0 Å². The number of rotatable bonds is 0. The second-order valence-electron chi connectivity index (χ2n) is 0. The summed E-state index contributed by atoms with van der Waals surface area (Å²) in [5, 5.41) is 0. The normalized spacial score (nSPS) is 0. The van der Waals surface area contributed by atoms with E-state index in [0.29, 0.717) is 0 Å². The molecule has 0 rings (SSSR count). The van der Waals surface area contributed by atoms with E-state index in [4.69, 9.17) is 0 Å². The summed E-state index contributed by atoms with van der Waals surface area (Å²) in [5.74, 6) is 0. The maximum absolute atomic E-state index is 0. The summed E-state index contributed by atoms with van der Waals surface area (Å²) in [5.41, 5.74) is 0. The third-order valence-electron chi connectivity index (χ3n) is 0. The predicted molar refractivity (Wildman–Crippen MR) is 33.2 cm³/mol. The molecule has 0 aromatic rings. The molecule has 0 saturated heterocycles. The Bertz CT molecular complexity index is 13.8. The summed E-state index contributed by atoms with van der Waals surface area (Å²) < 4.78 is 0. The van der Waals surface area contributed by atoms with Crippen molar-refractivity contribution in [3.05, 3.63) is 22.3 Å². The van der Waals surface area contributed by atoms with Gasteiger partial charge in [0.2, 0.25) is 0 Å². The molecule has 0 amide bonds. The maximum atomic E-state index is 0. The average molecular weight is 371 g/mol. The van der Waals surface area contributed by atoms with Crippen molar-refractivity contribution in [3.63, 3.8) is 0 Å². The van der Waals surface area contributed by atoms with Crippen LogP contribution < -0.4 is 0 Å². The molecule has 0 aromatic heterocycles. The quantitative estimate of drug-likeness (QED) is 0.552. The molecule has 5 heteroatoms. The first kappa shape index (κ1) is 196. The molecule has 0 heterocycles.